The van der Waals surface area contributed by atoms with Crippen molar-refractivity contribution in [1.82, 2.24) is 0 Å². The molecule has 0 spiro atoms. The van der Waals surface area contributed by atoms with Crippen LogP contribution < -0.4 is 19.3 Å². The molecule has 3 rings (SSSR count). The number of urea groups is 1. The van der Waals surface area contributed by atoms with Gasteiger partial charge in [0, 0.05) is 30.5 Å². The molecular weight excluding hydrogens is 296 g/mol. The van der Waals surface area contributed by atoms with Crippen LogP contribution in [0.3, 0.4) is 0 Å². The van der Waals surface area contributed by atoms with Crippen molar-refractivity contribution in [2.75, 3.05) is 30.0 Å². The van der Waals surface area contributed by atoms with Crippen molar-refractivity contribution in [3.8, 4) is 11.5 Å². The lowest BCUT2D eigenvalue weighted by molar-refractivity contribution is -0.120. The highest BCUT2D eigenvalue weighted by atomic mass is 16.5. The average molecular weight is 312 g/mol. The molecule has 23 heavy (non-hydrogen) atoms. The number of carbonyl (C=O) groups excluding carboxylic acids is 2. The van der Waals surface area contributed by atoms with Gasteiger partial charge in [-0.25, -0.2) is 4.79 Å². The summed E-state index contributed by atoms with van der Waals surface area (Å²) in [6.45, 7) is 1.52. The molecule has 0 bridgehead atoms. The lowest BCUT2D eigenvalue weighted by Crippen LogP contribution is -2.31. The highest BCUT2D eigenvalue weighted by Crippen LogP contribution is 2.28. The first-order chi connectivity index (χ1) is 11.2. The third kappa shape index (κ3) is 2.96. The number of amides is 2. The smallest absolute Gasteiger partial charge is 0.329 e. The third-order valence-corrected chi connectivity index (χ3v) is 3.71. The van der Waals surface area contributed by atoms with Crippen molar-refractivity contribution in [3.63, 3.8) is 0 Å². The fourth-order valence-corrected chi connectivity index (χ4v) is 2.56. The molecule has 1 heterocycles. The zero-order valence-electron chi connectivity index (χ0n) is 12.6. The van der Waals surface area contributed by atoms with Crippen LogP contribution in [0.1, 0.15) is 0 Å². The van der Waals surface area contributed by atoms with Crippen LogP contribution in [-0.2, 0) is 4.79 Å². The zero-order chi connectivity index (χ0) is 16.2. The Kier molecular flexibility index (Phi) is 4.14. The van der Waals surface area contributed by atoms with Crippen LogP contribution in [0.15, 0.2) is 48.5 Å². The van der Waals surface area contributed by atoms with E-state index in [1.54, 1.807) is 35.1 Å². The van der Waals surface area contributed by atoms with Gasteiger partial charge < -0.3 is 9.47 Å². The van der Waals surface area contributed by atoms with E-state index >= 15 is 0 Å². The second-order valence-corrected chi connectivity index (χ2v) is 5.00. The minimum Gasteiger partial charge on any atom is -0.497 e. The van der Waals surface area contributed by atoms with Gasteiger partial charge in [0.1, 0.15) is 11.5 Å². The Balaban J connectivity index is 1.80. The lowest BCUT2D eigenvalue weighted by Gasteiger charge is -2.19. The Hall–Kier alpha value is -3.02. The van der Waals surface area contributed by atoms with E-state index < -0.39 is 0 Å². The van der Waals surface area contributed by atoms with E-state index in [0.29, 0.717) is 31.0 Å². The van der Waals surface area contributed by atoms with Crippen LogP contribution in [0.5, 0.6) is 11.5 Å². The minimum absolute atomic E-state index is 0.113. The molecule has 0 aromatic heterocycles. The maximum Gasteiger partial charge on any atom is 0.329 e. The topological polar surface area (TPSA) is 59.1 Å². The molecule has 6 heteroatoms. The number of ether oxygens (including phenoxy) is 2. The Morgan fingerprint density at radius 2 is 1.65 bits per heavy atom. The van der Waals surface area contributed by atoms with Gasteiger partial charge in [-0.15, -0.1) is 0 Å². The first-order valence-corrected chi connectivity index (χ1v) is 7.16. The van der Waals surface area contributed by atoms with Crippen LogP contribution in [0.2, 0.25) is 0 Å². The van der Waals surface area contributed by atoms with Gasteiger partial charge in [-0.1, -0.05) is 6.07 Å². The van der Waals surface area contributed by atoms with E-state index in [0.717, 1.165) is 11.4 Å². The van der Waals surface area contributed by atoms with Gasteiger partial charge in [0.25, 0.3) is 6.47 Å². The van der Waals surface area contributed by atoms with Gasteiger partial charge in [0.15, 0.2) is 0 Å². The molecule has 118 valence electrons. The average Bonchev–Trinajstić information content (AvgIpc) is 2.97. The molecule has 0 N–H and O–H groups in total. The molecular formula is C17H16N2O4. The largest absolute Gasteiger partial charge is 0.497 e. The Morgan fingerprint density at radius 1 is 0.957 bits per heavy atom. The summed E-state index contributed by atoms with van der Waals surface area (Å²) in [6, 6.07) is 14.1. The molecule has 0 saturated carbocycles. The van der Waals surface area contributed by atoms with Crippen molar-refractivity contribution in [2.24, 2.45) is 0 Å². The number of hydrogen-bond donors (Lipinski definition) is 0. The number of carbonyl (C=O) groups is 2. The van der Waals surface area contributed by atoms with Crippen molar-refractivity contribution < 1.29 is 19.1 Å². The van der Waals surface area contributed by atoms with Crippen LogP contribution >= 0.6 is 0 Å². The van der Waals surface area contributed by atoms with E-state index in [4.69, 9.17) is 9.47 Å². The Bertz CT molecular complexity index is 715. The van der Waals surface area contributed by atoms with Crippen molar-refractivity contribution in [1.29, 1.82) is 0 Å². The van der Waals surface area contributed by atoms with Gasteiger partial charge in [0.05, 0.1) is 7.11 Å². The van der Waals surface area contributed by atoms with E-state index in [1.165, 1.54) is 0 Å². The van der Waals surface area contributed by atoms with Gasteiger partial charge >= 0.3 is 6.03 Å². The number of anilines is 2. The second-order valence-electron chi connectivity index (χ2n) is 5.00. The summed E-state index contributed by atoms with van der Waals surface area (Å²) in [6.07, 6.45) is 0. The maximum absolute atomic E-state index is 12.6. The molecule has 1 fully saturated rings. The Morgan fingerprint density at radius 3 is 2.30 bits per heavy atom. The third-order valence-electron chi connectivity index (χ3n) is 3.71. The molecule has 0 atom stereocenters. The van der Waals surface area contributed by atoms with Crippen molar-refractivity contribution in [2.45, 2.75) is 0 Å². The summed E-state index contributed by atoms with van der Waals surface area (Å²) in [5, 5.41) is 0. The number of methoxy groups -OCH3 is 1. The number of hydrogen-bond acceptors (Lipinski definition) is 4. The molecule has 2 amide bonds. The summed E-state index contributed by atoms with van der Waals surface area (Å²) in [4.78, 5) is 26.4. The molecule has 2 aromatic carbocycles. The molecule has 1 saturated heterocycles. The van der Waals surface area contributed by atoms with Crippen molar-refractivity contribution in [3.05, 3.63) is 48.5 Å². The predicted molar refractivity (Wildman–Crippen MR) is 86.2 cm³/mol. The summed E-state index contributed by atoms with van der Waals surface area (Å²) in [7, 11) is 1.60. The van der Waals surface area contributed by atoms with Crippen molar-refractivity contribution >= 4 is 23.9 Å². The van der Waals surface area contributed by atoms with Crippen LogP contribution in [0, 0.1) is 0 Å². The highest BCUT2D eigenvalue weighted by molar-refractivity contribution is 6.06. The SMILES string of the molecule is COc1ccc(N2CCN(c3cccc(OC=O)c3)C2=O)cc1. The van der Waals surface area contributed by atoms with Gasteiger partial charge in [0.2, 0.25) is 0 Å². The Labute approximate surface area is 133 Å². The lowest BCUT2D eigenvalue weighted by atomic mass is 10.3. The molecule has 2 aromatic rings. The molecule has 0 radical (unpaired) electrons. The molecule has 1 aliphatic rings. The maximum atomic E-state index is 12.6. The fraction of sp³-hybridized carbons (Fsp3) is 0.176. The predicted octanol–water partition coefficient (Wildman–Crippen LogP) is 2.68. The molecule has 0 unspecified atom stereocenters. The quantitative estimate of drug-likeness (QED) is 0.797. The number of nitrogens with zero attached hydrogens (tertiary/aromatic N) is 2. The second kappa shape index (κ2) is 6.39. The number of benzene rings is 2. The zero-order valence-corrected chi connectivity index (χ0v) is 12.6. The minimum atomic E-state index is -0.113. The summed E-state index contributed by atoms with van der Waals surface area (Å²) < 4.78 is 9.96. The molecule has 6 nitrogen and oxygen atoms in total. The summed E-state index contributed by atoms with van der Waals surface area (Å²) in [5.41, 5.74) is 1.52. The van der Waals surface area contributed by atoms with Crippen LogP contribution in [0.25, 0.3) is 0 Å². The van der Waals surface area contributed by atoms with Crippen LogP contribution in [0.4, 0.5) is 16.2 Å². The van der Waals surface area contributed by atoms with Crippen LogP contribution in [-0.4, -0.2) is 32.7 Å². The van der Waals surface area contributed by atoms with E-state index in [9.17, 15) is 9.59 Å². The number of rotatable bonds is 5. The highest BCUT2D eigenvalue weighted by Gasteiger charge is 2.30. The van der Waals surface area contributed by atoms with E-state index in [1.807, 2.05) is 30.3 Å². The van der Waals surface area contributed by atoms with Gasteiger partial charge in [-0.05, 0) is 36.4 Å². The first-order valence-electron chi connectivity index (χ1n) is 7.16. The van der Waals surface area contributed by atoms with Gasteiger partial charge in [-0.3, -0.25) is 14.6 Å². The standard InChI is InChI=1S/C17H16N2O4/c1-22-15-7-5-13(6-8-15)18-9-10-19(17(18)21)14-3-2-4-16(11-14)23-12-20/h2-8,11-12H,9-10H2,1H3. The summed E-state index contributed by atoms with van der Waals surface area (Å²) >= 11 is 0. The first kappa shape index (κ1) is 14.9. The summed E-state index contributed by atoms with van der Waals surface area (Å²) in [5.74, 6) is 1.16. The normalized spacial score (nSPS) is 14.0. The molecule has 0 aliphatic carbocycles. The van der Waals surface area contributed by atoms with Gasteiger partial charge in [-0.2, -0.15) is 0 Å². The molecule has 1 aliphatic heterocycles. The van der Waals surface area contributed by atoms with E-state index in [2.05, 4.69) is 0 Å². The monoisotopic (exact) mass is 312 g/mol. The van der Waals surface area contributed by atoms with E-state index in [-0.39, 0.29) is 6.03 Å². The fourth-order valence-electron chi connectivity index (χ4n) is 2.56.